The van der Waals surface area contributed by atoms with Gasteiger partial charge in [0.15, 0.2) is 0 Å². The summed E-state index contributed by atoms with van der Waals surface area (Å²) in [5, 5.41) is 6.82. The SMILES string of the molecule is O=C(NCC1CNC1)c1ccccc1OCc1ccccc1Cl. The van der Waals surface area contributed by atoms with Crippen LogP contribution in [0.3, 0.4) is 0 Å². The van der Waals surface area contributed by atoms with E-state index < -0.39 is 0 Å². The number of amides is 1. The van der Waals surface area contributed by atoms with Gasteiger partial charge in [0.25, 0.3) is 5.91 Å². The maximum atomic E-state index is 12.4. The number of rotatable bonds is 6. The van der Waals surface area contributed by atoms with Crippen molar-refractivity contribution in [2.24, 2.45) is 5.92 Å². The number of carbonyl (C=O) groups excluding carboxylic acids is 1. The van der Waals surface area contributed by atoms with Crippen LogP contribution in [0.2, 0.25) is 5.02 Å². The second-order valence-electron chi connectivity index (χ2n) is 5.61. The minimum Gasteiger partial charge on any atom is -0.488 e. The van der Waals surface area contributed by atoms with Gasteiger partial charge in [-0.3, -0.25) is 4.79 Å². The molecule has 2 N–H and O–H groups in total. The molecular formula is C18H19ClN2O2. The zero-order valence-electron chi connectivity index (χ0n) is 12.7. The zero-order chi connectivity index (χ0) is 16.1. The van der Waals surface area contributed by atoms with Gasteiger partial charge in [0.2, 0.25) is 0 Å². The van der Waals surface area contributed by atoms with E-state index in [4.69, 9.17) is 16.3 Å². The molecule has 2 aromatic rings. The molecule has 0 spiro atoms. The van der Waals surface area contributed by atoms with Crippen LogP contribution in [0.4, 0.5) is 0 Å². The fourth-order valence-electron chi connectivity index (χ4n) is 2.38. The summed E-state index contributed by atoms with van der Waals surface area (Å²) in [7, 11) is 0. The lowest BCUT2D eigenvalue weighted by Crippen LogP contribution is -2.48. The number of halogens is 1. The Morgan fingerprint density at radius 1 is 1.17 bits per heavy atom. The van der Waals surface area contributed by atoms with Gasteiger partial charge in [0, 0.05) is 36.1 Å². The second-order valence-corrected chi connectivity index (χ2v) is 6.02. The van der Waals surface area contributed by atoms with E-state index in [2.05, 4.69) is 10.6 Å². The van der Waals surface area contributed by atoms with E-state index in [0.717, 1.165) is 18.7 Å². The van der Waals surface area contributed by atoms with E-state index in [1.165, 1.54) is 0 Å². The van der Waals surface area contributed by atoms with Gasteiger partial charge in [-0.1, -0.05) is 41.9 Å². The van der Waals surface area contributed by atoms with Crippen molar-refractivity contribution in [3.63, 3.8) is 0 Å². The van der Waals surface area contributed by atoms with Crippen molar-refractivity contribution in [3.05, 3.63) is 64.7 Å². The number of carbonyl (C=O) groups is 1. The van der Waals surface area contributed by atoms with Crippen LogP contribution in [0, 0.1) is 5.92 Å². The molecule has 4 nitrogen and oxygen atoms in total. The molecule has 0 bridgehead atoms. The summed E-state index contributed by atoms with van der Waals surface area (Å²) in [4.78, 5) is 12.4. The lowest BCUT2D eigenvalue weighted by molar-refractivity contribution is 0.0937. The molecular weight excluding hydrogens is 312 g/mol. The Kier molecular flexibility index (Phi) is 5.16. The molecule has 0 aromatic heterocycles. The molecule has 1 heterocycles. The summed E-state index contributed by atoms with van der Waals surface area (Å²) in [5.41, 5.74) is 1.44. The molecule has 1 fully saturated rings. The highest BCUT2D eigenvalue weighted by Crippen LogP contribution is 2.22. The number of ether oxygens (including phenoxy) is 1. The van der Waals surface area contributed by atoms with Crippen LogP contribution < -0.4 is 15.4 Å². The maximum Gasteiger partial charge on any atom is 0.255 e. The summed E-state index contributed by atoms with van der Waals surface area (Å²) in [6.07, 6.45) is 0. The normalized spacial score (nSPS) is 14.1. The standard InChI is InChI=1S/C18H19ClN2O2/c19-16-7-3-1-5-14(16)12-23-17-8-4-2-6-15(17)18(22)21-11-13-9-20-10-13/h1-8,13,20H,9-12H2,(H,21,22). The Labute approximate surface area is 140 Å². The van der Waals surface area contributed by atoms with Crippen LogP contribution in [-0.2, 0) is 6.61 Å². The molecule has 2 aromatic carbocycles. The van der Waals surface area contributed by atoms with Crippen molar-refractivity contribution >= 4 is 17.5 Å². The summed E-state index contributed by atoms with van der Waals surface area (Å²) in [6, 6.07) is 14.8. The average Bonchev–Trinajstić information content (AvgIpc) is 2.53. The fraction of sp³-hybridized carbons (Fsp3) is 0.278. The topological polar surface area (TPSA) is 50.4 Å². The smallest absolute Gasteiger partial charge is 0.255 e. The highest BCUT2D eigenvalue weighted by Gasteiger charge is 2.19. The Morgan fingerprint density at radius 2 is 1.91 bits per heavy atom. The minimum atomic E-state index is -0.105. The molecule has 1 aliphatic heterocycles. The fourth-order valence-corrected chi connectivity index (χ4v) is 2.57. The van der Waals surface area contributed by atoms with Crippen molar-refractivity contribution in [2.45, 2.75) is 6.61 Å². The van der Waals surface area contributed by atoms with E-state index in [0.29, 0.717) is 35.4 Å². The molecule has 0 atom stereocenters. The Balaban J connectivity index is 1.65. The van der Waals surface area contributed by atoms with Crippen LogP contribution in [0.5, 0.6) is 5.75 Å². The first-order valence-corrected chi connectivity index (χ1v) is 8.06. The molecule has 23 heavy (non-hydrogen) atoms. The second kappa shape index (κ2) is 7.49. The summed E-state index contributed by atoms with van der Waals surface area (Å²) < 4.78 is 5.81. The predicted molar refractivity (Wildman–Crippen MR) is 90.9 cm³/mol. The third-order valence-corrected chi connectivity index (χ3v) is 4.26. The number of hydrogen-bond acceptors (Lipinski definition) is 3. The Hall–Kier alpha value is -2.04. The van der Waals surface area contributed by atoms with E-state index in [1.54, 1.807) is 12.1 Å². The van der Waals surface area contributed by atoms with Crippen LogP contribution in [-0.4, -0.2) is 25.5 Å². The molecule has 1 aliphatic rings. The van der Waals surface area contributed by atoms with Crippen molar-refractivity contribution in [2.75, 3.05) is 19.6 Å². The van der Waals surface area contributed by atoms with Crippen LogP contribution in [0.15, 0.2) is 48.5 Å². The van der Waals surface area contributed by atoms with E-state index >= 15 is 0 Å². The molecule has 3 rings (SSSR count). The monoisotopic (exact) mass is 330 g/mol. The van der Waals surface area contributed by atoms with Crippen LogP contribution >= 0.6 is 11.6 Å². The number of para-hydroxylation sites is 1. The van der Waals surface area contributed by atoms with Crippen LogP contribution in [0.1, 0.15) is 15.9 Å². The van der Waals surface area contributed by atoms with Crippen LogP contribution in [0.25, 0.3) is 0 Å². The quantitative estimate of drug-likeness (QED) is 0.856. The molecule has 0 radical (unpaired) electrons. The van der Waals surface area contributed by atoms with Crippen molar-refractivity contribution in [3.8, 4) is 5.75 Å². The number of nitrogens with one attached hydrogen (secondary N) is 2. The van der Waals surface area contributed by atoms with Gasteiger partial charge in [-0.2, -0.15) is 0 Å². The van der Waals surface area contributed by atoms with E-state index in [1.807, 2.05) is 36.4 Å². The van der Waals surface area contributed by atoms with Gasteiger partial charge in [0.1, 0.15) is 12.4 Å². The molecule has 1 amide bonds. The highest BCUT2D eigenvalue weighted by atomic mass is 35.5. The third kappa shape index (κ3) is 4.03. The lowest BCUT2D eigenvalue weighted by atomic mass is 10.0. The molecule has 1 saturated heterocycles. The minimum absolute atomic E-state index is 0.105. The third-order valence-electron chi connectivity index (χ3n) is 3.89. The largest absolute Gasteiger partial charge is 0.488 e. The lowest BCUT2D eigenvalue weighted by Gasteiger charge is -2.27. The Bertz CT molecular complexity index is 686. The summed E-state index contributed by atoms with van der Waals surface area (Å²) >= 11 is 6.13. The van der Waals surface area contributed by atoms with Gasteiger partial charge in [-0.05, 0) is 18.2 Å². The van der Waals surface area contributed by atoms with Gasteiger partial charge < -0.3 is 15.4 Å². The van der Waals surface area contributed by atoms with Gasteiger partial charge in [-0.15, -0.1) is 0 Å². The highest BCUT2D eigenvalue weighted by molar-refractivity contribution is 6.31. The average molecular weight is 331 g/mol. The molecule has 0 aliphatic carbocycles. The van der Waals surface area contributed by atoms with Crippen molar-refractivity contribution in [1.82, 2.24) is 10.6 Å². The van der Waals surface area contributed by atoms with Crippen molar-refractivity contribution < 1.29 is 9.53 Å². The summed E-state index contributed by atoms with van der Waals surface area (Å²) in [5.74, 6) is 0.985. The molecule has 0 unspecified atom stereocenters. The maximum absolute atomic E-state index is 12.4. The summed E-state index contributed by atoms with van der Waals surface area (Å²) in [6.45, 7) is 2.94. The van der Waals surface area contributed by atoms with E-state index in [9.17, 15) is 4.79 Å². The predicted octanol–water partition coefficient (Wildman–Crippen LogP) is 2.87. The molecule has 5 heteroatoms. The molecule has 0 saturated carbocycles. The first-order chi connectivity index (χ1) is 11.2. The van der Waals surface area contributed by atoms with Gasteiger partial charge in [0.05, 0.1) is 5.56 Å². The zero-order valence-corrected chi connectivity index (χ0v) is 13.5. The molecule has 120 valence electrons. The van der Waals surface area contributed by atoms with Gasteiger partial charge >= 0.3 is 0 Å². The number of hydrogen-bond donors (Lipinski definition) is 2. The first kappa shape index (κ1) is 15.8. The van der Waals surface area contributed by atoms with Gasteiger partial charge in [-0.25, -0.2) is 0 Å². The number of benzene rings is 2. The van der Waals surface area contributed by atoms with Crippen molar-refractivity contribution in [1.29, 1.82) is 0 Å². The Morgan fingerprint density at radius 3 is 2.65 bits per heavy atom. The first-order valence-electron chi connectivity index (χ1n) is 7.68. The van der Waals surface area contributed by atoms with E-state index in [-0.39, 0.29) is 5.91 Å².